The molecular formula is C16H28N4O3S. The van der Waals surface area contributed by atoms with E-state index in [1.807, 2.05) is 0 Å². The Morgan fingerprint density at radius 3 is 2.75 bits per heavy atom. The maximum absolute atomic E-state index is 11.2. The number of aryl methyl sites for hydroxylation is 1. The first-order valence-corrected chi connectivity index (χ1v) is 10.7. The van der Waals surface area contributed by atoms with E-state index in [0.717, 1.165) is 57.7 Å². The third kappa shape index (κ3) is 4.36. The number of hydrogen-bond donors (Lipinski definition) is 1. The van der Waals surface area contributed by atoms with Crippen molar-refractivity contribution in [1.82, 2.24) is 19.4 Å². The van der Waals surface area contributed by atoms with Gasteiger partial charge in [-0.3, -0.25) is 9.58 Å². The highest BCUT2D eigenvalue weighted by Gasteiger charge is 2.25. The molecule has 0 aliphatic carbocycles. The number of sulfonamides is 1. The first-order valence-electron chi connectivity index (χ1n) is 8.78. The minimum absolute atomic E-state index is 0.432. The standard InChI is InChI=1S/C16H28N4O3S/c1-3-20-16-6-9-23-12-14(16)15(18-20)11-19-7-4-13(5-8-19)10-17-24(2,21)22/h13,17H,3-12H2,1-2H3. The van der Waals surface area contributed by atoms with Gasteiger partial charge in [0, 0.05) is 37.3 Å². The molecule has 1 saturated heterocycles. The third-order valence-corrected chi connectivity index (χ3v) is 5.68. The van der Waals surface area contributed by atoms with Gasteiger partial charge in [0.2, 0.25) is 10.0 Å². The second-order valence-electron chi connectivity index (χ2n) is 6.83. The highest BCUT2D eigenvalue weighted by atomic mass is 32.2. The SMILES string of the molecule is CCn1nc(CN2CCC(CNS(C)(=O)=O)CC2)c2c1CCOC2. The van der Waals surface area contributed by atoms with Crippen molar-refractivity contribution in [3.05, 3.63) is 17.0 Å². The van der Waals surface area contributed by atoms with Gasteiger partial charge in [0.25, 0.3) is 0 Å². The van der Waals surface area contributed by atoms with Crippen molar-refractivity contribution in [1.29, 1.82) is 0 Å². The monoisotopic (exact) mass is 356 g/mol. The molecule has 0 saturated carbocycles. The molecule has 1 fully saturated rings. The lowest BCUT2D eigenvalue weighted by atomic mass is 9.97. The molecule has 1 aromatic heterocycles. The summed E-state index contributed by atoms with van der Waals surface area (Å²) in [7, 11) is -3.09. The molecule has 0 aromatic carbocycles. The zero-order valence-electron chi connectivity index (χ0n) is 14.6. The minimum atomic E-state index is -3.09. The fourth-order valence-electron chi connectivity index (χ4n) is 3.60. The van der Waals surface area contributed by atoms with Crippen LogP contribution in [0.3, 0.4) is 0 Å². The second kappa shape index (κ2) is 7.51. The first-order chi connectivity index (χ1) is 11.5. The first kappa shape index (κ1) is 17.8. The van der Waals surface area contributed by atoms with Crippen LogP contribution in [0.25, 0.3) is 0 Å². The maximum Gasteiger partial charge on any atom is 0.208 e. The van der Waals surface area contributed by atoms with Crippen molar-refractivity contribution >= 4 is 10.0 Å². The van der Waals surface area contributed by atoms with Crippen molar-refractivity contribution in [2.45, 2.75) is 45.9 Å². The van der Waals surface area contributed by atoms with Crippen LogP contribution in [-0.4, -0.2) is 55.6 Å². The van der Waals surface area contributed by atoms with Gasteiger partial charge in [-0.2, -0.15) is 5.10 Å². The van der Waals surface area contributed by atoms with E-state index >= 15 is 0 Å². The largest absolute Gasteiger partial charge is 0.376 e. The zero-order valence-corrected chi connectivity index (χ0v) is 15.4. The predicted octanol–water partition coefficient (Wildman–Crippen LogP) is 0.737. The molecule has 8 heteroatoms. The van der Waals surface area contributed by atoms with Crippen LogP contribution in [0.5, 0.6) is 0 Å². The van der Waals surface area contributed by atoms with Crippen LogP contribution in [0, 0.1) is 5.92 Å². The number of ether oxygens (including phenoxy) is 1. The lowest BCUT2D eigenvalue weighted by Crippen LogP contribution is -2.38. The minimum Gasteiger partial charge on any atom is -0.376 e. The number of hydrogen-bond acceptors (Lipinski definition) is 5. The molecule has 0 unspecified atom stereocenters. The summed E-state index contributed by atoms with van der Waals surface area (Å²) >= 11 is 0. The number of piperidine rings is 1. The summed E-state index contributed by atoms with van der Waals surface area (Å²) in [5, 5.41) is 4.80. The van der Waals surface area contributed by atoms with Crippen LogP contribution in [0.4, 0.5) is 0 Å². The van der Waals surface area contributed by atoms with Gasteiger partial charge in [-0.05, 0) is 38.8 Å². The van der Waals surface area contributed by atoms with Gasteiger partial charge in [-0.25, -0.2) is 13.1 Å². The Morgan fingerprint density at radius 1 is 1.33 bits per heavy atom. The predicted molar refractivity (Wildman–Crippen MR) is 92.1 cm³/mol. The summed E-state index contributed by atoms with van der Waals surface area (Å²) in [4.78, 5) is 2.42. The van der Waals surface area contributed by atoms with Crippen molar-refractivity contribution in [3.8, 4) is 0 Å². The summed E-state index contributed by atoms with van der Waals surface area (Å²) in [5.74, 6) is 0.432. The lowest BCUT2D eigenvalue weighted by Gasteiger charge is -2.31. The van der Waals surface area contributed by atoms with E-state index in [2.05, 4.69) is 21.2 Å². The highest BCUT2D eigenvalue weighted by Crippen LogP contribution is 2.24. The molecule has 7 nitrogen and oxygen atoms in total. The smallest absolute Gasteiger partial charge is 0.208 e. The molecule has 0 atom stereocenters. The average Bonchev–Trinajstić information content (AvgIpc) is 2.92. The normalized spacial score (nSPS) is 20.2. The van der Waals surface area contributed by atoms with Gasteiger partial charge in [-0.15, -0.1) is 0 Å². The Labute approximate surface area is 144 Å². The fraction of sp³-hybridized carbons (Fsp3) is 0.812. The van der Waals surface area contributed by atoms with E-state index in [0.29, 0.717) is 19.1 Å². The van der Waals surface area contributed by atoms with E-state index < -0.39 is 10.0 Å². The topological polar surface area (TPSA) is 76.5 Å². The van der Waals surface area contributed by atoms with Crippen molar-refractivity contribution in [3.63, 3.8) is 0 Å². The molecule has 2 aliphatic heterocycles. The third-order valence-electron chi connectivity index (χ3n) is 4.99. The molecule has 0 spiro atoms. The van der Waals surface area contributed by atoms with Crippen LogP contribution < -0.4 is 4.72 Å². The van der Waals surface area contributed by atoms with Crippen LogP contribution in [0.1, 0.15) is 36.7 Å². The average molecular weight is 356 g/mol. The summed E-state index contributed by atoms with van der Waals surface area (Å²) in [6.07, 6.45) is 4.22. The van der Waals surface area contributed by atoms with E-state index in [4.69, 9.17) is 9.84 Å². The highest BCUT2D eigenvalue weighted by molar-refractivity contribution is 7.88. The Balaban J connectivity index is 1.56. The quantitative estimate of drug-likeness (QED) is 0.813. The number of likely N-dealkylation sites (tertiary alicyclic amines) is 1. The molecule has 1 N–H and O–H groups in total. The van der Waals surface area contributed by atoms with Gasteiger partial charge in [-0.1, -0.05) is 0 Å². The van der Waals surface area contributed by atoms with E-state index in [-0.39, 0.29) is 0 Å². The van der Waals surface area contributed by atoms with E-state index in [1.165, 1.54) is 17.5 Å². The van der Waals surface area contributed by atoms with Gasteiger partial charge in [0.15, 0.2) is 0 Å². The number of nitrogens with one attached hydrogen (secondary N) is 1. The summed E-state index contributed by atoms with van der Waals surface area (Å²) in [5.41, 5.74) is 3.77. The Bertz CT molecular complexity index is 663. The van der Waals surface area contributed by atoms with Crippen LogP contribution >= 0.6 is 0 Å². The summed E-state index contributed by atoms with van der Waals surface area (Å²) in [6.45, 7) is 7.91. The molecule has 24 heavy (non-hydrogen) atoms. The molecule has 136 valence electrons. The summed E-state index contributed by atoms with van der Waals surface area (Å²) < 4.78 is 32.8. The number of rotatable bonds is 6. The van der Waals surface area contributed by atoms with Gasteiger partial charge >= 0.3 is 0 Å². The molecule has 0 amide bonds. The number of nitrogens with zero attached hydrogens (tertiary/aromatic N) is 3. The zero-order chi connectivity index (χ0) is 17.2. The lowest BCUT2D eigenvalue weighted by molar-refractivity contribution is 0.107. The molecule has 0 bridgehead atoms. The molecule has 3 rings (SSSR count). The Kier molecular flexibility index (Phi) is 5.59. The molecular weight excluding hydrogens is 328 g/mol. The van der Waals surface area contributed by atoms with Crippen LogP contribution in [0.15, 0.2) is 0 Å². The van der Waals surface area contributed by atoms with Crippen LogP contribution in [0.2, 0.25) is 0 Å². The van der Waals surface area contributed by atoms with Crippen molar-refractivity contribution < 1.29 is 13.2 Å². The second-order valence-corrected chi connectivity index (χ2v) is 8.66. The van der Waals surface area contributed by atoms with Gasteiger partial charge in [0.05, 0.1) is 25.2 Å². The summed E-state index contributed by atoms with van der Waals surface area (Å²) in [6, 6.07) is 0. The molecule has 1 aromatic rings. The van der Waals surface area contributed by atoms with E-state index in [9.17, 15) is 8.42 Å². The van der Waals surface area contributed by atoms with E-state index in [1.54, 1.807) is 0 Å². The van der Waals surface area contributed by atoms with Crippen LogP contribution in [-0.2, 0) is 40.9 Å². The number of fused-ring (bicyclic) bond motifs is 1. The van der Waals surface area contributed by atoms with Crippen molar-refractivity contribution in [2.24, 2.45) is 5.92 Å². The fourth-order valence-corrected chi connectivity index (χ4v) is 4.14. The Morgan fingerprint density at radius 2 is 2.08 bits per heavy atom. The molecule has 3 heterocycles. The maximum atomic E-state index is 11.2. The van der Waals surface area contributed by atoms with Gasteiger partial charge < -0.3 is 4.74 Å². The Hall–Kier alpha value is -0.960. The molecule has 0 radical (unpaired) electrons. The number of aromatic nitrogens is 2. The van der Waals surface area contributed by atoms with Gasteiger partial charge in [0.1, 0.15) is 0 Å². The van der Waals surface area contributed by atoms with Crippen molar-refractivity contribution in [2.75, 3.05) is 32.5 Å². The molecule has 2 aliphatic rings.